The topological polar surface area (TPSA) is 74.6 Å². The number of anilines is 2. The number of aliphatic imine (C=N–C) groups is 1. The standard InChI is InChI=1S/C34H44ClFN6O2/c1-6-9-11-15-37-33(32-25(5)19-31-34(40-32)41(16-12-10-7-2)22-24(4)23-43-31)39-29-20-27(35)30(21-28(29)36)44-26-13-17-42(18-14-26)38-8-3/h8,11,13-15,17,19-21,24H,6-7,9-10,12,16,18,22-23H2,1-5H3,(H,37,39)/b15-11+,38-8-. The number of allylic oxidation sites excluding steroid dienone is 2. The quantitative estimate of drug-likeness (QED) is 0.145. The van der Waals surface area contributed by atoms with Gasteiger partial charge in [0.1, 0.15) is 23.0 Å². The van der Waals surface area contributed by atoms with Gasteiger partial charge in [0.2, 0.25) is 0 Å². The first-order chi connectivity index (χ1) is 21.3. The monoisotopic (exact) mass is 622 g/mol. The first-order valence-corrected chi connectivity index (χ1v) is 15.9. The molecule has 236 valence electrons. The number of ether oxygens (including phenoxy) is 2. The van der Waals surface area contributed by atoms with Gasteiger partial charge in [-0.3, -0.25) is 5.01 Å². The van der Waals surface area contributed by atoms with Crippen LogP contribution in [0.5, 0.6) is 11.5 Å². The summed E-state index contributed by atoms with van der Waals surface area (Å²) >= 11 is 6.60. The average Bonchev–Trinajstić information content (AvgIpc) is 3.15. The van der Waals surface area contributed by atoms with E-state index in [0.717, 1.165) is 62.3 Å². The van der Waals surface area contributed by atoms with E-state index < -0.39 is 5.82 Å². The minimum atomic E-state index is -0.530. The molecular formula is C34H44ClFN6O2. The van der Waals surface area contributed by atoms with E-state index in [-0.39, 0.29) is 16.5 Å². The Morgan fingerprint density at radius 3 is 2.82 bits per heavy atom. The molecule has 0 aliphatic carbocycles. The minimum absolute atomic E-state index is 0.169. The van der Waals surface area contributed by atoms with Crippen molar-refractivity contribution < 1.29 is 13.9 Å². The summed E-state index contributed by atoms with van der Waals surface area (Å²) in [5.74, 6) is 2.57. The maximum atomic E-state index is 15.6. The van der Waals surface area contributed by atoms with Crippen LogP contribution in [0.15, 0.2) is 64.7 Å². The van der Waals surface area contributed by atoms with Crippen LogP contribution in [0, 0.1) is 18.7 Å². The van der Waals surface area contributed by atoms with Crippen molar-refractivity contribution in [3.63, 3.8) is 0 Å². The van der Waals surface area contributed by atoms with Crippen molar-refractivity contribution in [3.8, 4) is 11.5 Å². The van der Waals surface area contributed by atoms with Crippen LogP contribution < -0.4 is 19.7 Å². The fourth-order valence-electron chi connectivity index (χ4n) is 4.91. The Bertz CT molecular complexity index is 1440. The van der Waals surface area contributed by atoms with Crippen LogP contribution in [0.25, 0.3) is 0 Å². The Labute approximate surface area is 266 Å². The van der Waals surface area contributed by atoms with Crippen LogP contribution in [-0.4, -0.2) is 48.3 Å². The maximum Gasteiger partial charge on any atom is 0.172 e. The molecule has 2 aromatic rings. The predicted molar refractivity (Wildman–Crippen MR) is 180 cm³/mol. The van der Waals surface area contributed by atoms with Gasteiger partial charge in [0, 0.05) is 43.7 Å². The molecule has 44 heavy (non-hydrogen) atoms. The highest BCUT2D eigenvalue weighted by atomic mass is 35.5. The Morgan fingerprint density at radius 2 is 2.09 bits per heavy atom. The van der Waals surface area contributed by atoms with Crippen molar-refractivity contribution in [2.75, 3.05) is 36.5 Å². The van der Waals surface area contributed by atoms with Crippen molar-refractivity contribution in [2.45, 2.75) is 66.7 Å². The summed E-state index contributed by atoms with van der Waals surface area (Å²) in [6.45, 7) is 13.2. The normalized spacial score (nSPS) is 17.1. The van der Waals surface area contributed by atoms with Crippen LogP contribution in [0.4, 0.5) is 15.9 Å². The number of hydrazone groups is 1. The summed E-state index contributed by atoms with van der Waals surface area (Å²) in [4.78, 5) is 12.1. The zero-order valence-electron chi connectivity index (χ0n) is 26.4. The van der Waals surface area contributed by atoms with E-state index in [4.69, 9.17) is 31.1 Å². The van der Waals surface area contributed by atoms with Gasteiger partial charge in [0.05, 0.1) is 23.9 Å². The number of benzene rings is 1. The molecule has 2 aliphatic rings. The molecule has 2 aliphatic heterocycles. The molecule has 4 rings (SSSR count). The van der Waals surface area contributed by atoms with Gasteiger partial charge in [-0.15, -0.1) is 0 Å². The molecule has 1 atom stereocenters. The highest BCUT2D eigenvalue weighted by Crippen LogP contribution is 2.35. The second-order valence-corrected chi connectivity index (χ2v) is 11.5. The molecule has 0 spiro atoms. The zero-order valence-corrected chi connectivity index (χ0v) is 27.2. The Hall–Kier alpha value is -3.85. The third kappa shape index (κ3) is 8.85. The number of aromatic nitrogens is 1. The van der Waals surface area contributed by atoms with E-state index in [1.807, 2.05) is 32.1 Å². The minimum Gasteiger partial charge on any atom is -0.489 e. The van der Waals surface area contributed by atoms with Crippen molar-refractivity contribution in [3.05, 3.63) is 76.7 Å². The van der Waals surface area contributed by atoms with Crippen LogP contribution in [-0.2, 0) is 0 Å². The molecule has 10 heteroatoms. The molecule has 3 heterocycles. The van der Waals surface area contributed by atoms with E-state index >= 15 is 4.39 Å². The molecule has 8 nitrogen and oxygen atoms in total. The summed E-state index contributed by atoms with van der Waals surface area (Å²) in [6.07, 6.45) is 16.1. The smallest absolute Gasteiger partial charge is 0.172 e. The Morgan fingerprint density at radius 1 is 1.25 bits per heavy atom. The molecular weight excluding hydrogens is 579 g/mol. The lowest BCUT2D eigenvalue weighted by atomic mass is 10.1. The van der Waals surface area contributed by atoms with Gasteiger partial charge >= 0.3 is 0 Å². The number of rotatable bonds is 12. The third-order valence-corrected chi connectivity index (χ3v) is 7.49. The van der Waals surface area contributed by atoms with E-state index in [1.165, 1.54) is 12.1 Å². The van der Waals surface area contributed by atoms with Gasteiger partial charge in [-0.05, 0) is 56.5 Å². The highest BCUT2D eigenvalue weighted by Gasteiger charge is 2.25. The highest BCUT2D eigenvalue weighted by molar-refractivity contribution is 6.32. The van der Waals surface area contributed by atoms with Gasteiger partial charge < -0.3 is 19.7 Å². The third-order valence-electron chi connectivity index (χ3n) is 7.19. The summed E-state index contributed by atoms with van der Waals surface area (Å²) in [5, 5.41) is 9.41. The average molecular weight is 623 g/mol. The fourth-order valence-corrected chi connectivity index (χ4v) is 5.11. The number of nitrogens with one attached hydrogen (secondary N) is 1. The summed E-state index contributed by atoms with van der Waals surface area (Å²) in [6, 6.07) is 4.80. The number of aryl methyl sites for hydroxylation is 1. The molecule has 0 fully saturated rings. The summed E-state index contributed by atoms with van der Waals surface area (Å²) in [7, 11) is 0. The molecule has 0 amide bonds. The number of fused-ring (bicyclic) bond motifs is 1. The van der Waals surface area contributed by atoms with Gasteiger partial charge in [-0.25, -0.2) is 14.4 Å². The SMILES string of the molecule is C/C=N\N1C=CC(Oc2cc(F)c(NC(=N/C=C/CCC)c3nc4c(cc3C)OCC(C)CN4CCCCC)cc2Cl)=CC1. The number of nitrogens with zero attached hydrogens (tertiary/aromatic N) is 5. The van der Waals surface area contributed by atoms with Crippen molar-refractivity contribution in [1.82, 2.24) is 9.99 Å². The van der Waals surface area contributed by atoms with Crippen LogP contribution in [0.2, 0.25) is 5.02 Å². The van der Waals surface area contributed by atoms with Crippen molar-refractivity contribution in [1.29, 1.82) is 0 Å². The van der Waals surface area contributed by atoms with Gasteiger partial charge in [0.15, 0.2) is 17.4 Å². The number of hydrogen-bond donors (Lipinski definition) is 1. The van der Waals surface area contributed by atoms with E-state index in [2.05, 4.69) is 36.1 Å². The number of halogens is 2. The molecule has 0 bridgehead atoms. The van der Waals surface area contributed by atoms with E-state index in [0.29, 0.717) is 36.4 Å². The molecule has 1 N–H and O–H groups in total. The molecule has 0 saturated heterocycles. The van der Waals surface area contributed by atoms with Crippen LogP contribution in [0.3, 0.4) is 0 Å². The van der Waals surface area contributed by atoms with Crippen molar-refractivity contribution in [2.24, 2.45) is 16.0 Å². The molecule has 1 aromatic heterocycles. The predicted octanol–water partition coefficient (Wildman–Crippen LogP) is 8.48. The van der Waals surface area contributed by atoms with E-state index in [1.54, 1.807) is 29.7 Å². The fraction of sp³-hybridized carbons (Fsp3) is 0.441. The molecule has 1 unspecified atom stereocenters. The number of hydrogen-bond acceptors (Lipinski definition) is 7. The first kappa shape index (κ1) is 33.1. The lowest BCUT2D eigenvalue weighted by Gasteiger charge is -2.25. The lowest BCUT2D eigenvalue weighted by molar-refractivity contribution is 0.273. The number of amidine groups is 1. The number of pyridine rings is 1. The first-order valence-electron chi connectivity index (χ1n) is 15.5. The Kier molecular flexibility index (Phi) is 12.2. The Balaban J connectivity index is 1.65. The van der Waals surface area contributed by atoms with Gasteiger partial charge in [-0.2, -0.15) is 5.10 Å². The number of unbranched alkanes of at least 4 members (excludes halogenated alkanes) is 3. The summed E-state index contributed by atoms with van der Waals surface area (Å²) in [5.41, 5.74) is 1.66. The second-order valence-electron chi connectivity index (χ2n) is 11.1. The lowest BCUT2D eigenvalue weighted by Crippen LogP contribution is -2.30. The maximum absolute atomic E-state index is 15.6. The van der Waals surface area contributed by atoms with Gasteiger partial charge in [0.25, 0.3) is 0 Å². The molecule has 1 aromatic carbocycles. The second kappa shape index (κ2) is 16.3. The molecule has 0 radical (unpaired) electrons. The van der Waals surface area contributed by atoms with Crippen LogP contribution >= 0.6 is 11.6 Å². The largest absolute Gasteiger partial charge is 0.489 e. The zero-order chi connectivity index (χ0) is 31.5. The van der Waals surface area contributed by atoms with E-state index in [9.17, 15) is 0 Å². The molecule has 0 saturated carbocycles. The van der Waals surface area contributed by atoms with Crippen molar-refractivity contribution >= 4 is 35.2 Å². The van der Waals surface area contributed by atoms with Crippen LogP contribution in [0.1, 0.15) is 71.1 Å². The summed E-state index contributed by atoms with van der Waals surface area (Å²) < 4.78 is 27.7. The van der Waals surface area contributed by atoms with Gasteiger partial charge in [-0.1, -0.05) is 57.7 Å².